The number of hydrogen-bond acceptors (Lipinski definition) is 2. The van der Waals surface area contributed by atoms with E-state index in [0.717, 1.165) is 21.3 Å². The van der Waals surface area contributed by atoms with Crippen molar-refractivity contribution in [1.29, 1.82) is 0 Å². The number of ether oxygens (including phenoxy) is 1. The molecule has 0 fully saturated rings. The second-order valence-corrected chi connectivity index (χ2v) is 4.75. The number of hydrogen-bond donors (Lipinski definition) is 0. The Hall–Kier alpha value is -0.810. The predicted octanol–water partition coefficient (Wildman–Crippen LogP) is 3.87. The number of nitrogens with zero attached hydrogens (tertiary/aromatic N) is 2. The molecule has 2 aromatic rings. The van der Waals surface area contributed by atoms with Crippen molar-refractivity contribution in [3.05, 3.63) is 40.6 Å². The third kappa shape index (κ3) is 2.65. The van der Waals surface area contributed by atoms with Gasteiger partial charge in [-0.15, -0.1) is 0 Å². The van der Waals surface area contributed by atoms with Gasteiger partial charge < -0.3 is 4.74 Å². The first-order valence-corrected chi connectivity index (χ1v) is 6.61. The number of halogens is 2. The molecule has 84 valence electrons. The Bertz CT molecular complexity index is 496. The smallest absolute Gasteiger partial charge is 0.165 e. The largest absolute Gasteiger partial charge is 0.454 e. The van der Waals surface area contributed by atoms with Gasteiger partial charge in [-0.2, -0.15) is 5.10 Å². The summed E-state index contributed by atoms with van der Waals surface area (Å²) >= 11 is 6.91. The maximum Gasteiger partial charge on any atom is 0.165 e. The Morgan fingerprint density at radius 2 is 2.19 bits per heavy atom. The molecule has 0 bridgehead atoms. The van der Waals surface area contributed by atoms with E-state index >= 15 is 0 Å². The molecule has 0 aliphatic heterocycles. The van der Waals surface area contributed by atoms with Gasteiger partial charge in [-0.05, 0) is 17.7 Å². The van der Waals surface area contributed by atoms with Crippen molar-refractivity contribution >= 4 is 31.9 Å². The highest BCUT2D eigenvalue weighted by Gasteiger charge is 2.03. The summed E-state index contributed by atoms with van der Waals surface area (Å²) in [6.07, 6.45) is 3.51. The second-order valence-electron chi connectivity index (χ2n) is 3.34. The van der Waals surface area contributed by atoms with Gasteiger partial charge in [-0.3, -0.25) is 4.68 Å². The van der Waals surface area contributed by atoms with Gasteiger partial charge in [0.1, 0.15) is 5.75 Å². The zero-order valence-electron chi connectivity index (χ0n) is 8.65. The summed E-state index contributed by atoms with van der Waals surface area (Å²) in [6, 6.07) is 5.91. The van der Waals surface area contributed by atoms with Crippen LogP contribution in [0.25, 0.3) is 0 Å². The Morgan fingerprint density at radius 3 is 2.75 bits per heavy atom. The number of aromatic nitrogens is 2. The molecular formula is C11H10Br2N2O. The lowest BCUT2D eigenvalue weighted by Gasteiger charge is -2.05. The maximum atomic E-state index is 5.65. The molecule has 0 unspecified atom stereocenters. The van der Waals surface area contributed by atoms with Gasteiger partial charge in [0.15, 0.2) is 5.75 Å². The lowest BCUT2D eigenvalue weighted by Crippen LogP contribution is -1.86. The normalized spacial score (nSPS) is 10.4. The Kier molecular flexibility index (Phi) is 3.66. The molecule has 0 saturated heterocycles. The zero-order chi connectivity index (χ0) is 11.5. The molecule has 5 heteroatoms. The minimum Gasteiger partial charge on any atom is -0.454 e. The van der Waals surface area contributed by atoms with Crippen LogP contribution in [-0.4, -0.2) is 9.78 Å². The standard InChI is InChI=1S/C11H10Br2N2O/c1-15-7-10(6-14-15)16-9-3-2-8(5-12)11(13)4-9/h2-4,6-7H,5H2,1H3. The van der Waals surface area contributed by atoms with Crippen LogP contribution in [0, 0.1) is 0 Å². The van der Waals surface area contributed by atoms with Crippen LogP contribution in [0.5, 0.6) is 11.5 Å². The predicted molar refractivity (Wildman–Crippen MR) is 70.1 cm³/mol. The second kappa shape index (κ2) is 5.01. The molecule has 0 amide bonds. The number of aryl methyl sites for hydroxylation is 1. The topological polar surface area (TPSA) is 27.1 Å². The molecule has 0 saturated carbocycles. The summed E-state index contributed by atoms with van der Waals surface area (Å²) < 4.78 is 8.39. The van der Waals surface area contributed by atoms with E-state index in [1.54, 1.807) is 10.9 Å². The molecule has 0 atom stereocenters. The zero-order valence-corrected chi connectivity index (χ0v) is 11.8. The summed E-state index contributed by atoms with van der Waals surface area (Å²) in [5.41, 5.74) is 1.19. The van der Waals surface area contributed by atoms with Gasteiger partial charge in [0.25, 0.3) is 0 Å². The maximum absolute atomic E-state index is 5.65. The minimum atomic E-state index is 0.737. The SMILES string of the molecule is Cn1cc(Oc2ccc(CBr)c(Br)c2)cn1. The summed E-state index contributed by atoms with van der Waals surface area (Å²) in [5.74, 6) is 1.53. The molecule has 3 nitrogen and oxygen atoms in total. The minimum absolute atomic E-state index is 0.737. The number of benzene rings is 1. The Labute approximate surface area is 111 Å². The molecule has 0 aliphatic carbocycles. The van der Waals surface area contributed by atoms with Gasteiger partial charge >= 0.3 is 0 Å². The third-order valence-electron chi connectivity index (χ3n) is 2.09. The first-order chi connectivity index (χ1) is 7.69. The molecule has 1 heterocycles. The van der Waals surface area contributed by atoms with E-state index in [0.29, 0.717) is 0 Å². The average Bonchev–Trinajstić information content (AvgIpc) is 2.64. The monoisotopic (exact) mass is 344 g/mol. The van der Waals surface area contributed by atoms with Crippen molar-refractivity contribution in [2.45, 2.75) is 5.33 Å². The summed E-state index contributed by atoms with van der Waals surface area (Å²) in [5, 5.41) is 4.86. The van der Waals surface area contributed by atoms with E-state index in [4.69, 9.17) is 4.74 Å². The van der Waals surface area contributed by atoms with Crippen LogP contribution in [0.15, 0.2) is 35.1 Å². The summed E-state index contributed by atoms with van der Waals surface area (Å²) in [7, 11) is 1.86. The lowest BCUT2D eigenvalue weighted by molar-refractivity contribution is 0.481. The first-order valence-electron chi connectivity index (χ1n) is 4.70. The van der Waals surface area contributed by atoms with Gasteiger partial charge in [0.2, 0.25) is 0 Å². The average molecular weight is 346 g/mol. The molecule has 0 radical (unpaired) electrons. The quantitative estimate of drug-likeness (QED) is 0.789. The van der Waals surface area contributed by atoms with E-state index in [1.807, 2.05) is 31.4 Å². The van der Waals surface area contributed by atoms with Crippen molar-refractivity contribution in [1.82, 2.24) is 9.78 Å². The molecule has 1 aromatic heterocycles. The fraction of sp³-hybridized carbons (Fsp3) is 0.182. The van der Waals surface area contributed by atoms with Crippen molar-refractivity contribution < 1.29 is 4.74 Å². The Balaban J connectivity index is 2.19. The van der Waals surface area contributed by atoms with Gasteiger partial charge in [0.05, 0.1) is 12.4 Å². The molecule has 0 aliphatic rings. The van der Waals surface area contributed by atoms with Crippen molar-refractivity contribution in [3.63, 3.8) is 0 Å². The summed E-state index contributed by atoms with van der Waals surface area (Å²) in [4.78, 5) is 0. The van der Waals surface area contributed by atoms with Gasteiger partial charge in [-0.25, -0.2) is 0 Å². The van der Waals surface area contributed by atoms with Crippen molar-refractivity contribution in [2.24, 2.45) is 7.05 Å². The highest BCUT2D eigenvalue weighted by molar-refractivity contribution is 9.10. The van der Waals surface area contributed by atoms with Crippen LogP contribution in [0.4, 0.5) is 0 Å². The molecule has 16 heavy (non-hydrogen) atoms. The number of alkyl halides is 1. The molecule has 0 spiro atoms. The third-order valence-corrected chi connectivity index (χ3v) is 3.43. The Morgan fingerprint density at radius 1 is 1.38 bits per heavy atom. The van der Waals surface area contributed by atoms with E-state index in [2.05, 4.69) is 37.0 Å². The van der Waals surface area contributed by atoms with Gasteiger partial charge in [0, 0.05) is 16.9 Å². The van der Waals surface area contributed by atoms with Crippen molar-refractivity contribution in [2.75, 3.05) is 0 Å². The van der Waals surface area contributed by atoms with Gasteiger partial charge in [-0.1, -0.05) is 37.9 Å². The van der Waals surface area contributed by atoms with E-state index in [1.165, 1.54) is 5.56 Å². The van der Waals surface area contributed by atoms with E-state index < -0.39 is 0 Å². The van der Waals surface area contributed by atoms with Crippen LogP contribution in [0.3, 0.4) is 0 Å². The van der Waals surface area contributed by atoms with Crippen LogP contribution in [-0.2, 0) is 12.4 Å². The first kappa shape index (κ1) is 11.7. The van der Waals surface area contributed by atoms with E-state index in [-0.39, 0.29) is 0 Å². The molecule has 1 aromatic carbocycles. The fourth-order valence-electron chi connectivity index (χ4n) is 1.29. The van der Waals surface area contributed by atoms with Crippen LogP contribution >= 0.6 is 31.9 Å². The lowest BCUT2D eigenvalue weighted by atomic mass is 10.2. The highest BCUT2D eigenvalue weighted by atomic mass is 79.9. The number of rotatable bonds is 3. The molecular weight excluding hydrogens is 336 g/mol. The molecule has 2 rings (SSSR count). The fourth-order valence-corrected chi connectivity index (χ4v) is 2.65. The highest BCUT2D eigenvalue weighted by Crippen LogP contribution is 2.27. The molecule has 0 N–H and O–H groups in total. The van der Waals surface area contributed by atoms with E-state index in [9.17, 15) is 0 Å². The van der Waals surface area contributed by atoms with Crippen molar-refractivity contribution in [3.8, 4) is 11.5 Å². The summed E-state index contributed by atoms with van der Waals surface area (Å²) in [6.45, 7) is 0. The van der Waals surface area contributed by atoms with Crippen LogP contribution in [0.1, 0.15) is 5.56 Å². The van der Waals surface area contributed by atoms with Crippen LogP contribution in [0.2, 0.25) is 0 Å². The van der Waals surface area contributed by atoms with Crippen LogP contribution < -0.4 is 4.74 Å².